The Morgan fingerprint density at radius 1 is 1.16 bits per heavy atom. The van der Waals surface area contributed by atoms with E-state index in [2.05, 4.69) is 0 Å². The Hall–Kier alpha value is -2.61. The Balaban J connectivity index is 1.88. The summed E-state index contributed by atoms with van der Waals surface area (Å²) in [5.41, 5.74) is 1.10. The van der Waals surface area contributed by atoms with Crippen LogP contribution in [0.25, 0.3) is 0 Å². The molecule has 1 aliphatic rings. The Labute approximate surface area is 145 Å². The summed E-state index contributed by atoms with van der Waals surface area (Å²) in [5, 5.41) is 9.19. The first-order valence-electron chi connectivity index (χ1n) is 7.85. The van der Waals surface area contributed by atoms with Gasteiger partial charge >= 0.3 is 5.97 Å². The van der Waals surface area contributed by atoms with Crippen LogP contribution in [0.2, 0.25) is 0 Å². The van der Waals surface area contributed by atoms with Crippen molar-refractivity contribution < 1.29 is 23.1 Å². The molecule has 0 spiro atoms. The second-order valence-corrected chi connectivity index (χ2v) is 7.89. The predicted octanol–water partition coefficient (Wildman–Crippen LogP) is 1.72. The zero-order chi connectivity index (χ0) is 18.2. The van der Waals surface area contributed by atoms with Crippen LogP contribution < -0.4 is 0 Å². The molecular formula is C17H18N2O5S. The van der Waals surface area contributed by atoms with E-state index in [1.807, 2.05) is 6.92 Å². The number of likely N-dealkylation sites (tertiary alicyclic amines) is 1. The number of carbonyl (C=O) groups excluding carboxylic acids is 1. The second kappa shape index (κ2) is 6.36. The molecule has 25 heavy (non-hydrogen) atoms. The van der Waals surface area contributed by atoms with Crippen molar-refractivity contribution in [2.45, 2.75) is 30.7 Å². The fourth-order valence-corrected chi connectivity index (χ4v) is 4.11. The zero-order valence-electron chi connectivity index (χ0n) is 13.6. The molecular weight excluding hydrogens is 344 g/mol. The van der Waals surface area contributed by atoms with Crippen molar-refractivity contribution in [2.75, 3.05) is 6.54 Å². The SMILES string of the molecule is Cc1ccc(S(=O)(=O)n2ccc(C(=O)N3CCC[C@H]3C(=O)O)c2)cc1. The summed E-state index contributed by atoms with van der Waals surface area (Å²) >= 11 is 0. The van der Waals surface area contributed by atoms with E-state index in [1.165, 1.54) is 35.5 Å². The molecule has 0 radical (unpaired) electrons. The van der Waals surface area contributed by atoms with Gasteiger partial charge in [-0.15, -0.1) is 0 Å². The number of aromatic nitrogens is 1. The number of aryl methyl sites for hydroxylation is 1. The highest BCUT2D eigenvalue weighted by atomic mass is 32.2. The number of carbonyl (C=O) groups is 2. The quantitative estimate of drug-likeness (QED) is 0.893. The van der Waals surface area contributed by atoms with Crippen LogP contribution >= 0.6 is 0 Å². The molecule has 2 heterocycles. The maximum atomic E-state index is 12.6. The van der Waals surface area contributed by atoms with E-state index in [4.69, 9.17) is 0 Å². The number of nitrogens with zero attached hydrogens (tertiary/aromatic N) is 2. The first kappa shape index (κ1) is 17.2. The van der Waals surface area contributed by atoms with Crippen molar-refractivity contribution in [2.24, 2.45) is 0 Å². The van der Waals surface area contributed by atoms with E-state index < -0.39 is 27.9 Å². The fourth-order valence-electron chi connectivity index (χ4n) is 2.92. The van der Waals surface area contributed by atoms with Crippen LogP contribution in [-0.4, -0.2) is 46.9 Å². The molecule has 132 valence electrons. The van der Waals surface area contributed by atoms with Gasteiger partial charge in [0.25, 0.3) is 15.9 Å². The van der Waals surface area contributed by atoms with Crippen LogP contribution in [0.5, 0.6) is 0 Å². The molecule has 1 aliphatic heterocycles. The highest BCUT2D eigenvalue weighted by molar-refractivity contribution is 7.90. The Bertz CT molecular complexity index is 915. The fraction of sp³-hybridized carbons (Fsp3) is 0.294. The van der Waals surface area contributed by atoms with Crippen molar-refractivity contribution in [1.82, 2.24) is 8.87 Å². The molecule has 7 nitrogen and oxygen atoms in total. The molecule has 2 aromatic rings. The van der Waals surface area contributed by atoms with Gasteiger partial charge in [0.15, 0.2) is 0 Å². The lowest BCUT2D eigenvalue weighted by atomic mass is 10.2. The summed E-state index contributed by atoms with van der Waals surface area (Å²) < 4.78 is 26.2. The summed E-state index contributed by atoms with van der Waals surface area (Å²) in [5.74, 6) is -1.51. The topological polar surface area (TPSA) is 96.7 Å². The third-order valence-electron chi connectivity index (χ3n) is 4.31. The minimum Gasteiger partial charge on any atom is -0.480 e. The van der Waals surface area contributed by atoms with Gasteiger partial charge in [-0.2, -0.15) is 0 Å². The smallest absolute Gasteiger partial charge is 0.326 e. The van der Waals surface area contributed by atoms with Gasteiger partial charge in [-0.1, -0.05) is 17.7 Å². The first-order valence-corrected chi connectivity index (χ1v) is 9.29. The maximum absolute atomic E-state index is 12.6. The van der Waals surface area contributed by atoms with Gasteiger partial charge in [-0.3, -0.25) is 4.79 Å². The molecule has 1 atom stereocenters. The van der Waals surface area contributed by atoms with Crippen LogP contribution in [0, 0.1) is 6.92 Å². The van der Waals surface area contributed by atoms with E-state index in [0.717, 1.165) is 9.54 Å². The molecule has 1 N–H and O–H groups in total. The monoisotopic (exact) mass is 362 g/mol. The van der Waals surface area contributed by atoms with Crippen molar-refractivity contribution in [3.63, 3.8) is 0 Å². The number of benzene rings is 1. The third kappa shape index (κ3) is 3.17. The summed E-state index contributed by atoms with van der Waals surface area (Å²) in [6.07, 6.45) is 3.55. The van der Waals surface area contributed by atoms with Crippen LogP contribution in [0.1, 0.15) is 28.8 Å². The van der Waals surface area contributed by atoms with Crippen LogP contribution in [0.15, 0.2) is 47.6 Å². The molecule has 1 amide bonds. The molecule has 0 unspecified atom stereocenters. The molecule has 1 saturated heterocycles. The predicted molar refractivity (Wildman–Crippen MR) is 89.9 cm³/mol. The largest absolute Gasteiger partial charge is 0.480 e. The van der Waals surface area contributed by atoms with E-state index >= 15 is 0 Å². The molecule has 1 aromatic heterocycles. The molecule has 1 aromatic carbocycles. The van der Waals surface area contributed by atoms with E-state index in [0.29, 0.717) is 19.4 Å². The lowest BCUT2D eigenvalue weighted by Crippen LogP contribution is -2.40. The highest BCUT2D eigenvalue weighted by Crippen LogP contribution is 2.22. The van der Waals surface area contributed by atoms with Crippen molar-refractivity contribution in [3.05, 3.63) is 53.9 Å². The molecule has 3 rings (SSSR count). The van der Waals surface area contributed by atoms with Crippen LogP contribution in [0.4, 0.5) is 0 Å². The lowest BCUT2D eigenvalue weighted by molar-refractivity contribution is -0.141. The number of amides is 1. The number of aliphatic carboxylic acids is 1. The van der Waals surface area contributed by atoms with Crippen molar-refractivity contribution in [1.29, 1.82) is 0 Å². The maximum Gasteiger partial charge on any atom is 0.326 e. The summed E-state index contributed by atoms with van der Waals surface area (Å²) in [6, 6.07) is 6.95. The van der Waals surface area contributed by atoms with Gasteiger partial charge in [-0.25, -0.2) is 17.2 Å². The molecule has 0 bridgehead atoms. The highest BCUT2D eigenvalue weighted by Gasteiger charge is 2.35. The molecule has 0 aliphatic carbocycles. The van der Waals surface area contributed by atoms with Crippen LogP contribution in [-0.2, 0) is 14.8 Å². The van der Waals surface area contributed by atoms with Gasteiger partial charge in [0.2, 0.25) is 0 Å². The number of hydrogen-bond acceptors (Lipinski definition) is 4. The van der Waals surface area contributed by atoms with E-state index in [1.54, 1.807) is 12.1 Å². The second-order valence-electron chi connectivity index (χ2n) is 6.04. The molecule has 1 fully saturated rings. The standard InChI is InChI=1S/C17H18N2O5S/c1-12-4-6-14(7-5-12)25(23,24)18-10-8-13(11-18)16(20)19-9-2-3-15(19)17(21)22/h4-8,10-11,15H,2-3,9H2,1H3,(H,21,22)/t15-/m0/s1. The molecule has 8 heteroatoms. The average Bonchev–Trinajstić information content (AvgIpc) is 3.24. The minimum atomic E-state index is -3.79. The third-order valence-corrected chi connectivity index (χ3v) is 5.96. The van der Waals surface area contributed by atoms with Gasteiger partial charge in [0, 0.05) is 18.9 Å². The summed E-state index contributed by atoms with van der Waals surface area (Å²) in [4.78, 5) is 25.2. The van der Waals surface area contributed by atoms with Crippen LogP contribution in [0.3, 0.4) is 0 Å². The Kier molecular flexibility index (Phi) is 4.38. The summed E-state index contributed by atoms with van der Waals surface area (Å²) in [6.45, 7) is 2.21. The Morgan fingerprint density at radius 2 is 1.84 bits per heavy atom. The number of rotatable bonds is 4. The van der Waals surface area contributed by atoms with E-state index in [9.17, 15) is 23.1 Å². The number of carboxylic acids is 1. The lowest BCUT2D eigenvalue weighted by Gasteiger charge is -2.20. The first-order chi connectivity index (χ1) is 11.8. The van der Waals surface area contributed by atoms with Gasteiger partial charge in [-0.05, 0) is 38.0 Å². The normalized spacial score (nSPS) is 17.6. The van der Waals surface area contributed by atoms with Crippen molar-refractivity contribution >= 4 is 21.9 Å². The van der Waals surface area contributed by atoms with Gasteiger partial charge in [0.1, 0.15) is 6.04 Å². The summed E-state index contributed by atoms with van der Waals surface area (Å²) in [7, 11) is -3.79. The van der Waals surface area contributed by atoms with E-state index in [-0.39, 0.29) is 10.5 Å². The Morgan fingerprint density at radius 3 is 2.48 bits per heavy atom. The minimum absolute atomic E-state index is 0.122. The number of hydrogen-bond donors (Lipinski definition) is 1. The molecule has 0 saturated carbocycles. The van der Waals surface area contributed by atoms with Crippen molar-refractivity contribution in [3.8, 4) is 0 Å². The average molecular weight is 362 g/mol. The number of carboxylic acid groups (broad SMARTS) is 1. The van der Waals surface area contributed by atoms with Gasteiger partial charge in [0.05, 0.1) is 10.5 Å². The zero-order valence-corrected chi connectivity index (χ0v) is 14.4. The van der Waals surface area contributed by atoms with Gasteiger partial charge < -0.3 is 10.0 Å².